The van der Waals surface area contributed by atoms with Gasteiger partial charge in [-0.1, -0.05) is 53.7 Å². The number of anilines is 1. The summed E-state index contributed by atoms with van der Waals surface area (Å²) < 4.78 is 0. The number of aromatic amines is 1. The van der Waals surface area contributed by atoms with Gasteiger partial charge in [0.2, 0.25) is 5.43 Å². The van der Waals surface area contributed by atoms with Crippen LogP contribution in [-0.4, -0.2) is 16.0 Å². The summed E-state index contributed by atoms with van der Waals surface area (Å²) in [6, 6.07) is 3.54. The highest BCUT2D eigenvalue weighted by Crippen LogP contribution is 2.39. The fourth-order valence-electron chi connectivity index (χ4n) is 3.66. The number of hydrogen-bond donors (Lipinski definition) is 3. The van der Waals surface area contributed by atoms with Gasteiger partial charge in [0.15, 0.2) is 0 Å². The van der Waals surface area contributed by atoms with Crippen LogP contribution < -0.4 is 21.3 Å². The number of benzene rings is 1. The lowest BCUT2D eigenvalue weighted by molar-refractivity contribution is 0.102. The minimum absolute atomic E-state index is 0.0644. The first-order valence-corrected chi connectivity index (χ1v) is 10.0. The number of carbonyl (C=O) groups is 1. The Hall–Kier alpha value is -2.82. The fraction of sp³-hybridized carbons (Fsp3) is 0.417. The number of phenolic OH excluding ortho intramolecular Hbond substituents is 1. The van der Waals surface area contributed by atoms with E-state index in [1.165, 1.54) is 6.20 Å². The lowest BCUT2D eigenvalue weighted by Gasteiger charge is -2.28. The second-order valence-corrected chi connectivity index (χ2v) is 9.71. The van der Waals surface area contributed by atoms with E-state index in [2.05, 4.69) is 31.1 Å². The maximum atomic E-state index is 13.0. The Morgan fingerprint density at radius 3 is 2.24 bits per heavy atom. The normalized spacial score (nSPS) is 13.9. The van der Waals surface area contributed by atoms with Gasteiger partial charge in [0.25, 0.3) is 5.91 Å². The van der Waals surface area contributed by atoms with Crippen LogP contribution in [0.2, 0.25) is 0 Å². The van der Waals surface area contributed by atoms with Crippen LogP contribution in [0.1, 0.15) is 75.9 Å². The van der Waals surface area contributed by atoms with Crippen LogP contribution in [0.4, 0.5) is 5.69 Å². The maximum absolute atomic E-state index is 13.0. The zero-order valence-electron chi connectivity index (χ0n) is 18.1. The van der Waals surface area contributed by atoms with Crippen molar-refractivity contribution < 1.29 is 9.90 Å². The molecular weight excluding hydrogens is 364 g/mol. The van der Waals surface area contributed by atoms with Crippen molar-refractivity contribution in [1.29, 1.82) is 0 Å². The third kappa shape index (κ3) is 4.14. The van der Waals surface area contributed by atoms with Crippen molar-refractivity contribution in [2.75, 3.05) is 5.32 Å². The molecule has 29 heavy (non-hydrogen) atoms. The van der Waals surface area contributed by atoms with E-state index in [1.54, 1.807) is 6.07 Å². The zero-order chi connectivity index (χ0) is 21.6. The molecule has 1 amide bonds. The molecule has 2 aromatic rings. The number of fused-ring (bicyclic) bond motifs is 1. The van der Waals surface area contributed by atoms with Gasteiger partial charge in [-0.05, 0) is 40.9 Å². The van der Waals surface area contributed by atoms with Crippen LogP contribution in [0.3, 0.4) is 0 Å². The minimum Gasteiger partial charge on any atom is -0.508 e. The Morgan fingerprint density at radius 1 is 1.00 bits per heavy atom. The summed E-state index contributed by atoms with van der Waals surface area (Å²) in [6.45, 7) is 12.3. The molecule has 1 aromatic carbocycles. The molecule has 1 aromatic heterocycles. The van der Waals surface area contributed by atoms with Crippen LogP contribution in [-0.2, 0) is 10.8 Å². The molecule has 0 spiro atoms. The first-order valence-electron chi connectivity index (χ1n) is 10.0. The van der Waals surface area contributed by atoms with E-state index in [0.29, 0.717) is 10.9 Å². The summed E-state index contributed by atoms with van der Waals surface area (Å²) in [6.07, 6.45) is 6.97. The first-order chi connectivity index (χ1) is 13.4. The van der Waals surface area contributed by atoms with E-state index in [0.717, 1.165) is 29.3 Å². The number of phenols is 1. The number of aromatic nitrogens is 1. The van der Waals surface area contributed by atoms with Gasteiger partial charge in [0.1, 0.15) is 11.3 Å². The van der Waals surface area contributed by atoms with Crippen LogP contribution in [0.25, 0.3) is 12.2 Å². The number of H-pyrrole nitrogens is 1. The average molecular weight is 395 g/mol. The van der Waals surface area contributed by atoms with Crippen molar-refractivity contribution in [2.24, 2.45) is 0 Å². The molecule has 0 saturated heterocycles. The van der Waals surface area contributed by atoms with Gasteiger partial charge in [0.05, 0.1) is 0 Å². The van der Waals surface area contributed by atoms with Crippen molar-refractivity contribution in [3.05, 3.63) is 55.8 Å². The van der Waals surface area contributed by atoms with E-state index >= 15 is 0 Å². The van der Waals surface area contributed by atoms with Gasteiger partial charge in [-0.25, -0.2) is 0 Å². The molecule has 3 N–H and O–H groups in total. The summed E-state index contributed by atoms with van der Waals surface area (Å²) in [4.78, 5) is 28.8. The molecule has 0 fully saturated rings. The fourth-order valence-corrected chi connectivity index (χ4v) is 3.66. The molecule has 1 aliphatic rings. The van der Waals surface area contributed by atoms with Crippen molar-refractivity contribution >= 4 is 23.7 Å². The Kier molecular flexibility index (Phi) is 5.20. The molecule has 0 bridgehead atoms. The lowest BCUT2D eigenvalue weighted by Crippen LogP contribution is -2.45. The Bertz CT molecular complexity index is 1140. The average Bonchev–Trinajstić information content (AvgIpc) is 2.60. The first kappa shape index (κ1) is 20.9. The Morgan fingerprint density at radius 2 is 1.62 bits per heavy atom. The smallest absolute Gasteiger partial charge is 0.261 e. The van der Waals surface area contributed by atoms with Crippen molar-refractivity contribution in [3.8, 4) is 5.75 Å². The Balaban J connectivity index is 2.08. The maximum Gasteiger partial charge on any atom is 0.261 e. The molecule has 0 atom stereocenters. The number of aromatic hydroxyl groups is 1. The van der Waals surface area contributed by atoms with Crippen LogP contribution in [0, 0.1) is 0 Å². The van der Waals surface area contributed by atoms with E-state index in [1.807, 2.05) is 39.0 Å². The zero-order valence-corrected chi connectivity index (χ0v) is 18.1. The summed E-state index contributed by atoms with van der Waals surface area (Å²) in [5.74, 6) is -0.357. The number of rotatable bonds is 2. The molecule has 1 aliphatic carbocycles. The molecule has 154 valence electrons. The highest BCUT2D eigenvalue weighted by atomic mass is 16.3. The number of nitrogens with one attached hydrogen (secondary N) is 2. The summed E-state index contributed by atoms with van der Waals surface area (Å²) in [5, 5.41) is 14.8. The topological polar surface area (TPSA) is 82.2 Å². The molecule has 0 saturated carbocycles. The van der Waals surface area contributed by atoms with E-state index in [4.69, 9.17) is 0 Å². The number of pyridine rings is 1. The summed E-state index contributed by atoms with van der Waals surface area (Å²) >= 11 is 0. The SMILES string of the molecule is CC(C)(C)c1cc(C(C)(C)C)c(NC(=O)c2c[nH]c3c(c2=O)=CCCC=3)cc1O. The summed E-state index contributed by atoms with van der Waals surface area (Å²) in [7, 11) is 0. The monoisotopic (exact) mass is 394 g/mol. The highest BCUT2D eigenvalue weighted by Gasteiger charge is 2.26. The second kappa shape index (κ2) is 7.21. The Labute approximate surface area is 171 Å². The van der Waals surface area contributed by atoms with E-state index < -0.39 is 5.91 Å². The van der Waals surface area contributed by atoms with Crippen LogP contribution in [0.5, 0.6) is 5.75 Å². The highest BCUT2D eigenvalue weighted by molar-refractivity contribution is 6.04. The number of amides is 1. The molecular formula is C24H30N2O3. The largest absolute Gasteiger partial charge is 0.508 e. The molecule has 5 heteroatoms. The molecule has 5 nitrogen and oxygen atoms in total. The third-order valence-electron chi connectivity index (χ3n) is 5.26. The van der Waals surface area contributed by atoms with Gasteiger partial charge in [-0.2, -0.15) is 0 Å². The summed E-state index contributed by atoms with van der Waals surface area (Å²) in [5.41, 5.74) is 1.52. The van der Waals surface area contributed by atoms with Crippen molar-refractivity contribution in [2.45, 2.75) is 65.2 Å². The van der Waals surface area contributed by atoms with Crippen molar-refractivity contribution in [1.82, 2.24) is 4.98 Å². The van der Waals surface area contributed by atoms with Crippen molar-refractivity contribution in [3.63, 3.8) is 0 Å². The van der Waals surface area contributed by atoms with Gasteiger partial charge in [-0.15, -0.1) is 0 Å². The van der Waals surface area contributed by atoms with Gasteiger partial charge >= 0.3 is 0 Å². The standard InChI is InChI=1S/C24H30N2O3/c1-23(2,3)16-11-17(24(4,5)6)20(27)12-19(16)26-22(29)15-13-25-18-10-8-7-9-14(18)21(15)28/h9-13,25,27H,7-8H2,1-6H3,(H,26,29). The predicted octanol–water partition coefficient (Wildman–Crippen LogP) is 3.28. The van der Waals surface area contributed by atoms with Gasteiger partial charge in [-0.3, -0.25) is 9.59 Å². The van der Waals surface area contributed by atoms with Gasteiger partial charge < -0.3 is 15.4 Å². The number of carbonyl (C=O) groups excluding carboxylic acids is 1. The molecule has 0 radical (unpaired) electrons. The second-order valence-electron chi connectivity index (χ2n) is 9.71. The molecule has 1 heterocycles. The van der Waals surface area contributed by atoms with Gasteiger partial charge in [0, 0.05) is 28.5 Å². The van der Waals surface area contributed by atoms with E-state index in [9.17, 15) is 14.7 Å². The van der Waals surface area contributed by atoms with E-state index in [-0.39, 0.29) is 27.6 Å². The molecule has 3 rings (SSSR count). The quantitative estimate of drug-likeness (QED) is 0.731. The van der Waals surface area contributed by atoms with Crippen LogP contribution >= 0.6 is 0 Å². The molecule has 0 aliphatic heterocycles. The molecule has 0 unspecified atom stereocenters. The van der Waals surface area contributed by atoms with Crippen LogP contribution in [0.15, 0.2) is 23.1 Å². The lowest BCUT2D eigenvalue weighted by atomic mass is 9.79. The number of hydrogen-bond acceptors (Lipinski definition) is 3. The predicted molar refractivity (Wildman–Crippen MR) is 118 cm³/mol. The third-order valence-corrected chi connectivity index (χ3v) is 5.26. The minimum atomic E-state index is -0.485.